The number of carbonyl (C=O) groups is 2. The highest BCUT2D eigenvalue weighted by atomic mass is 16.4. The Bertz CT molecular complexity index is 195. The molecule has 0 aliphatic rings. The highest BCUT2D eigenvalue weighted by Crippen LogP contribution is 2.06. The smallest absolute Gasteiger partial charge is 0.330 e. The first-order valence-electron chi connectivity index (χ1n) is 3.67. The van der Waals surface area contributed by atoms with Crippen molar-refractivity contribution in [3.63, 3.8) is 0 Å². The van der Waals surface area contributed by atoms with Crippen LogP contribution in [0.2, 0.25) is 0 Å². The lowest BCUT2D eigenvalue weighted by molar-refractivity contribution is -0.137. The summed E-state index contributed by atoms with van der Waals surface area (Å²) >= 11 is 0. The zero-order valence-electron chi connectivity index (χ0n) is 6.75. The van der Waals surface area contributed by atoms with E-state index >= 15 is 0 Å². The molecule has 0 aliphatic carbocycles. The third kappa shape index (κ3) is 5.46. The van der Waals surface area contributed by atoms with Crippen molar-refractivity contribution in [2.75, 3.05) is 0 Å². The van der Waals surface area contributed by atoms with Gasteiger partial charge in [0.1, 0.15) is 0 Å². The summed E-state index contributed by atoms with van der Waals surface area (Å²) in [6, 6.07) is 0. The summed E-state index contributed by atoms with van der Waals surface area (Å²) in [4.78, 5) is 20.3. The number of aliphatic carboxylic acids is 2. The molecule has 0 aromatic heterocycles. The minimum Gasteiger partial charge on any atom is -0.481 e. The monoisotopic (exact) mass is 172 g/mol. The van der Waals surface area contributed by atoms with E-state index in [4.69, 9.17) is 10.2 Å². The summed E-state index contributed by atoms with van der Waals surface area (Å²) in [5, 5.41) is 16.6. The van der Waals surface area contributed by atoms with E-state index in [0.29, 0.717) is 19.3 Å². The number of hydrogen-bond acceptors (Lipinski definition) is 2. The number of carboxylic acid groups (broad SMARTS) is 2. The van der Waals surface area contributed by atoms with Crippen LogP contribution in [-0.4, -0.2) is 22.2 Å². The zero-order chi connectivity index (χ0) is 9.56. The van der Waals surface area contributed by atoms with E-state index in [-0.39, 0.29) is 12.0 Å². The summed E-state index contributed by atoms with van der Waals surface area (Å²) in [5.41, 5.74) is 0.139. The Morgan fingerprint density at radius 1 is 1.08 bits per heavy atom. The molecule has 0 atom stereocenters. The first kappa shape index (κ1) is 10.7. The minimum absolute atomic E-state index is 0.0902. The maximum atomic E-state index is 10.2. The van der Waals surface area contributed by atoms with Gasteiger partial charge < -0.3 is 10.2 Å². The molecule has 0 saturated carbocycles. The Labute approximate surface area is 70.5 Å². The van der Waals surface area contributed by atoms with E-state index in [1.54, 1.807) is 0 Å². The van der Waals surface area contributed by atoms with Gasteiger partial charge in [0.25, 0.3) is 0 Å². The summed E-state index contributed by atoms with van der Waals surface area (Å²) in [6.07, 6.45) is 1.52. The fraction of sp³-hybridized carbons (Fsp3) is 0.500. The second kappa shape index (κ2) is 5.35. The van der Waals surface area contributed by atoms with Crippen molar-refractivity contribution in [3.05, 3.63) is 12.2 Å². The van der Waals surface area contributed by atoms with Gasteiger partial charge in [0, 0.05) is 12.0 Å². The Morgan fingerprint density at radius 3 is 2.00 bits per heavy atom. The Hall–Kier alpha value is -1.32. The van der Waals surface area contributed by atoms with E-state index in [9.17, 15) is 9.59 Å². The number of rotatable bonds is 6. The van der Waals surface area contributed by atoms with Crippen LogP contribution in [0.3, 0.4) is 0 Å². The Kier molecular flexibility index (Phi) is 4.76. The van der Waals surface area contributed by atoms with Gasteiger partial charge in [0.15, 0.2) is 0 Å². The van der Waals surface area contributed by atoms with Gasteiger partial charge in [-0.25, -0.2) is 4.79 Å². The van der Waals surface area contributed by atoms with E-state index in [0.717, 1.165) is 0 Å². The molecule has 0 bridgehead atoms. The third-order valence-electron chi connectivity index (χ3n) is 1.42. The van der Waals surface area contributed by atoms with E-state index in [1.807, 2.05) is 0 Å². The molecule has 0 aromatic carbocycles. The molecule has 0 radical (unpaired) electrons. The predicted octanol–water partition coefficient (Wildman–Crippen LogP) is 1.27. The van der Waals surface area contributed by atoms with E-state index in [2.05, 4.69) is 6.58 Å². The molecule has 0 fully saturated rings. The van der Waals surface area contributed by atoms with Gasteiger partial charge >= 0.3 is 11.9 Å². The number of hydrogen-bond donors (Lipinski definition) is 2. The van der Waals surface area contributed by atoms with Gasteiger partial charge in [-0.15, -0.1) is 0 Å². The average molecular weight is 172 g/mol. The van der Waals surface area contributed by atoms with Crippen LogP contribution in [0.25, 0.3) is 0 Å². The normalized spacial score (nSPS) is 9.33. The average Bonchev–Trinajstić information content (AvgIpc) is 1.97. The second-order valence-electron chi connectivity index (χ2n) is 2.51. The van der Waals surface area contributed by atoms with Crippen LogP contribution in [0.4, 0.5) is 0 Å². The van der Waals surface area contributed by atoms with Gasteiger partial charge in [-0.1, -0.05) is 6.58 Å². The minimum atomic E-state index is -1.01. The van der Waals surface area contributed by atoms with Gasteiger partial charge in [-0.05, 0) is 19.3 Å². The standard InChI is InChI=1S/C8H12O4/c1-6(8(11)12)4-2-3-5-7(9)10/h1-5H2,(H,9,10)(H,11,12). The van der Waals surface area contributed by atoms with Crippen molar-refractivity contribution in [1.29, 1.82) is 0 Å². The van der Waals surface area contributed by atoms with E-state index < -0.39 is 11.9 Å². The SMILES string of the molecule is C=C(CCCCC(=O)O)C(=O)O. The maximum absolute atomic E-state index is 10.2. The lowest BCUT2D eigenvalue weighted by Gasteiger charge is -1.97. The molecular weight excluding hydrogens is 160 g/mol. The predicted molar refractivity (Wildman–Crippen MR) is 42.9 cm³/mol. The van der Waals surface area contributed by atoms with Gasteiger partial charge in [0.05, 0.1) is 0 Å². The van der Waals surface area contributed by atoms with Gasteiger partial charge in [-0.3, -0.25) is 4.79 Å². The molecule has 4 heteroatoms. The fourth-order valence-corrected chi connectivity index (χ4v) is 0.722. The first-order valence-corrected chi connectivity index (χ1v) is 3.67. The van der Waals surface area contributed by atoms with Crippen molar-refractivity contribution >= 4 is 11.9 Å². The molecule has 0 aliphatic heterocycles. The molecule has 0 unspecified atom stereocenters. The van der Waals surface area contributed by atoms with Crippen molar-refractivity contribution in [2.24, 2.45) is 0 Å². The molecule has 0 saturated heterocycles. The summed E-state index contributed by atoms with van der Waals surface area (Å²) in [7, 11) is 0. The largest absolute Gasteiger partial charge is 0.481 e. The van der Waals surface area contributed by atoms with Crippen molar-refractivity contribution in [3.8, 4) is 0 Å². The number of unbranched alkanes of at least 4 members (excludes halogenated alkanes) is 1. The lowest BCUT2D eigenvalue weighted by atomic mass is 10.1. The second-order valence-corrected chi connectivity index (χ2v) is 2.51. The zero-order valence-corrected chi connectivity index (χ0v) is 6.75. The van der Waals surface area contributed by atoms with Crippen LogP contribution in [0.15, 0.2) is 12.2 Å². The molecule has 0 rings (SSSR count). The van der Waals surface area contributed by atoms with Crippen LogP contribution >= 0.6 is 0 Å². The molecule has 0 heterocycles. The molecule has 0 aromatic rings. The molecule has 0 spiro atoms. The summed E-state index contributed by atoms with van der Waals surface area (Å²) in [5.74, 6) is -1.86. The summed E-state index contributed by atoms with van der Waals surface area (Å²) in [6.45, 7) is 3.32. The van der Waals surface area contributed by atoms with Crippen molar-refractivity contribution < 1.29 is 19.8 Å². The fourth-order valence-electron chi connectivity index (χ4n) is 0.722. The van der Waals surface area contributed by atoms with Crippen molar-refractivity contribution in [2.45, 2.75) is 25.7 Å². The summed E-state index contributed by atoms with van der Waals surface area (Å²) < 4.78 is 0. The molecular formula is C8H12O4. The Morgan fingerprint density at radius 2 is 1.58 bits per heavy atom. The molecule has 2 N–H and O–H groups in total. The highest BCUT2D eigenvalue weighted by Gasteiger charge is 2.03. The molecule has 12 heavy (non-hydrogen) atoms. The van der Waals surface area contributed by atoms with E-state index in [1.165, 1.54) is 0 Å². The third-order valence-corrected chi connectivity index (χ3v) is 1.42. The van der Waals surface area contributed by atoms with Gasteiger partial charge in [-0.2, -0.15) is 0 Å². The molecule has 68 valence electrons. The lowest BCUT2D eigenvalue weighted by Crippen LogP contribution is -1.99. The van der Waals surface area contributed by atoms with Gasteiger partial charge in [0.2, 0.25) is 0 Å². The molecule has 0 amide bonds. The maximum Gasteiger partial charge on any atom is 0.330 e. The number of carboxylic acids is 2. The highest BCUT2D eigenvalue weighted by molar-refractivity contribution is 5.85. The van der Waals surface area contributed by atoms with Crippen LogP contribution in [0, 0.1) is 0 Å². The van der Waals surface area contributed by atoms with Crippen LogP contribution in [0.1, 0.15) is 25.7 Å². The molecule has 4 nitrogen and oxygen atoms in total. The van der Waals surface area contributed by atoms with Crippen LogP contribution in [-0.2, 0) is 9.59 Å². The van der Waals surface area contributed by atoms with Crippen molar-refractivity contribution in [1.82, 2.24) is 0 Å². The first-order chi connectivity index (χ1) is 5.54. The van der Waals surface area contributed by atoms with Crippen LogP contribution in [0.5, 0.6) is 0 Å². The van der Waals surface area contributed by atoms with Crippen LogP contribution < -0.4 is 0 Å². The topological polar surface area (TPSA) is 74.6 Å². The Balaban J connectivity index is 3.38. The quantitative estimate of drug-likeness (QED) is 0.467.